The third-order valence-corrected chi connectivity index (χ3v) is 4.56. The normalized spacial score (nSPS) is 17.2. The lowest BCUT2D eigenvalue weighted by molar-refractivity contribution is 0.580. The number of hydrogen-bond acceptors (Lipinski definition) is 2. The van der Waals surface area contributed by atoms with E-state index < -0.39 is 0 Å². The molecule has 1 aliphatic carbocycles. The molecular weight excluding hydrogens is 273 g/mol. The van der Waals surface area contributed by atoms with Crippen LogP contribution in [0.4, 0.5) is 0 Å². The molecule has 1 aromatic rings. The first kappa shape index (κ1) is 13.4. The zero-order valence-electron chi connectivity index (χ0n) is 9.93. The van der Waals surface area contributed by atoms with Gasteiger partial charge in [0.1, 0.15) is 0 Å². The van der Waals surface area contributed by atoms with Crippen molar-refractivity contribution in [1.82, 2.24) is 5.32 Å². The summed E-state index contributed by atoms with van der Waals surface area (Å²) >= 11 is 13.8. The highest BCUT2D eigenvalue weighted by molar-refractivity contribution is 7.20. The summed E-state index contributed by atoms with van der Waals surface area (Å²) in [5, 5.41) is 3.58. The van der Waals surface area contributed by atoms with Crippen LogP contribution in [0.3, 0.4) is 0 Å². The van der Waals surface area contributed by atoms with Crippen molar-refractivity contribution >= 4 is 34.5 Å². The molecule has 4 heteroatoms. The molecule has 1 atom stereocenters. The van der Waals surface area contributed by atoms with E-state index >= 15 is 0 Å². The summed E-state index contributed by atoms with van der Waals surface area (Å²) in [6.07, 6.45) is 7.09. The van der Waals surface area contributed by atoms with E-state index in [0.29, 0.717) is 0 Å². The van der Waals surface area contributed by atoms with Gasteiger partial charge in [0.25, 0.3) is 0 Å². The maximum Gasteiger partial charge on any atom is 0.0995 e. The van der Waals surface area contributed by atoms with Crippen LogP contribution in [0, 0.1) is 0 Å². The standard InChI is InChI=1S/C13H17Cl2NS/c1-2-7-16-12(9-5-3-4-6-9)10-8-11(14)17-13(10)15/h5,8,12,16H,2-4,6-7H2,1H3. The van der Waals surface area contributed by atoms with Gasteiger partial charge in [0.05, 0.1) is 14.7 Å². The molecule has 0 aliphatic heterocycles. The van der Waals surface area contributed by atoms with Crippen LogP contribution in [0.2, 0.25) is 8.67 Å². The molecule has 1 N–H and O–H groups in total. The molecule has 1 unspecified atom stereocenters. The van der Waals surface area contributed by atoms with Crippen LogP contribution < -0.4 is 5.32 Å². The molecule has 0 bridgehead atoms. The average molecular weight is 290 g/mol. The van der Waals surface area contributed by atoms with Crippen molar-refractivity contribution in [3.63, 3.8) is 0 Å². The summed E-state index contributed by atoms with van der Waals surface area (Å²) in [5.41, 5.74) is 2.61. The van der Waals surface area contributed by atoms with Gasteiger partial charge in [0, 0.05) is 5.56 Å². The fraction of sp³-hybridized carbons (Fsp3) is 0.538. The Morgan fingerprint density at radius 3 is 2.82 bits per heavy atom. The first-order valence-corrected chi connectivity index (χ1v) is 7.66. The van der Waals surface area contributed by atoms with Crippen LogP contribution >= 0.6 is 34.5 Å². The van der Waals surface area contributed by atoms with Crippen molar-refractivity contribution in [2.24, 2.45) is 0 Å². The molecular formula is C13H17Cl2NS. The summed E-state index contributed by atoms with van der Waals surface area (Å²) in [5.74, 6) is 0. The van der Waals surface area contributed by atoms with Crippen molar-refractivity contribution in [2.75, 3.05) is 6.54 Å². The molecule has 0 radical (unpaired) electrons. The van der Waals surface area contributed by atoms with E-state index in [9.17, 15) is 0 Å². The van der Waals surface area contributed by atoms with Gasteiger partial charge in [-0.25, -0.2) is 0 Å². The molecule has 1 heterocycles. The predicted molar refractivity (Wildman–Crippen MR) is 77.3 cm³/mol. The summed E-state index contributed by atoms with van der Waals surface area (Å²) in [6, 6.07) is 2.26. The molecule has 2 rings (SSSR count). The number of rotatable bonds is 5. The van der Waals surface area contributed by atoms with Gasteiger partial charge >= 0.3 is 0 Å². The van der Waals surface area contributed by atoms with Gasteiger partial charge in [0.2, 0.25) is 0 Å². The highest BCUT2D eigenvalue weighted by Crippen LogP contribution is 2.40. The van der Waals surface area contributed by atoms with Gasteiger partial charge in [-0.2, -0.15) is 0 Å². The number of allylic oxidation sites excluding steroid dienone is 1. The SMILES string of the molecule is CCCNC(C1=CCCC1)c1cc(Cl)sc1Cl. The number of halogens is 2. The Labute approximate surface area is 117 Å². The molecule has 0 fully saturated rings. The number of nitrogens with one attached hydrogen (secondary N) is 1. The van der Waals surface area contributed by atoms with E-state index in [2.05, 4.69) is 18.3 Å². The Bertz CT molecular complexity index is 412. The van der Waals surface area contributed by atoms with Gasteiger partial charge in [0.15, 0.2) is 0 Å². The Morgan fingerprint density at radius 1 is 1.47 bits per heavy atom. The minimum Gasteiger partial charge on any atom is -0.306 e. The van der Waals surface area contributed by atoms with Crippen molar-refractivity contribution in [3.05, 3.63) is 32.0 Å². The fourth-order valence-corrected chi connectivity index (χ4v) is 3.77. The third kappa shape index (κ3) is 3.25. The van der Waals surface area contributed by atoms with Crippen LogP contribution in [0.1, 0.15) is 44.2 Å². The van der Waals surface area contributed by atoms with Crippen molar-refractivity contribution in [2.45, 2.75) is 38.6 Å². The smallest absolute Gasteiger partial charge is 0.0995 e. The molecule has 1 aliphatic rings. The van der Waals surface area contributed by atoms with Crippen LogP contribution in [0.15, 0.2) is 17.7 Å². The Morgan fingerprint density at radius 2 is 2.29 bits per heavy atom. The summed E-state index contributed by atoms with van der Waals surface area (Å²) < 4.78 is 1.59. The second-order valence-corrected chi connectivity index (χ2v) is 6.62. The van der Waals surface area contributed by atoms with Crippen LogP contribution in [0.25, 0.3) is 0 Å². The monoisotopic (exact) mass is 289 g/mol. The number of thiophene rings is 1. The van der Waals surface area contributed by atoms with Crippen LogP contribution in [0.5, 0.6) is 0 Å². The van der Waals surface area contributed by atoms with E-state index in [-0.39, 0.29) is 6.04 Å². The average Bonchev–Trinajstić information content (AvgIpc) is 2.90. The minimum absolute atomic E-state index is 0.258. The first-order chi connectivity index (χ1) is 8.22. The van der Waals surface area contributed by atoms with E-state index in [0.717, 1.165) is 27.2 Å². The molecule has 1 nitrogen and oxygen atoms in total. The zero-order chi connectivity index (χ0) is 12.3. The van der Waals surface area contributed by atoms with Gasteiger partial charge < -0.3 is 5.32 Å². The summed E-state index contributed by atoms with van der Waals surface area (Å²) in [6.45, 7) is 3.18. The van der Waals surface area contributed by atoms with Gasteiger partial charge in [-0.3, -0.25) is 0 Å². The molecule has 0 aromatic carbocycles. The van der Waals surface area contributed by atoms with Gasteiger partial charge in [-0.15, -0.1) is 11.3 Å². The maximum absolute atomic E-state index is 6.26. The lowest BCUT2D eigenvalue weighted by atomic mass is 10.0. The number of hydrogen-bond donors (Lipinski definition) is 1. The van der Waals surface area contributed by atoms with Crippen molar-refractivity contribution in [3.8, 4) is 0 Å². The van der Waals surface area contributed by atoms with E-state index in [1.54, 1.807) is 0 Å². The topological polar surface area (TPSA) is 12.0 Å². The van der Waals surface area contributed by atoms with Crippen LogP contribution in [-0.4, -0.2) is 6.54 Å². The lowest BCUT2D eigenvalue weighted by Gasteiger charge is -2.19. The largest absolute Gasteiger partial charge is 0.306 e. The molecule has 1 aromatic heterocycles. The van der Waals surface area contributed by atoms with Crippen LogP contribution in [-0.2, 0) is 0 Å². The van der Waals surface area contributed by atoms with E-state index in [4.69, 9.17) is 23.2 Å². The highest BCUT2D eigenvalue weighted by Gasteiger charge is 2.22. The summed E-state index contributed by atoms with van der Waals surface area (Å²) in [4.78, 5) is 0. The van der Waals surface area contributed by atoms with E-state index in [1.165, 1.54) is 36.2 Å². The molecule has 17 heavy (non-hydrogen) atoms. The van der Waals surface area contributed by atoms with Crippen molar-refractivity contribution in [1.29, 1.82) is 0 Å². The fourth-order valence-electron chi connectivity index (χ4n) is 2.24. The molecule has 0 spiro atoms. The summed E-state index contributed by atoms with van der Waals surface area (Å²) in [7, 11) is 0. The predicted octanol–water partition coefficient (Wildman–Crippen LogP) is 5.21. The van der Waals surface area contributed by atoms with Crippen molar-refractivity contribution < 1.29 is 0 Å². The molecule has 0 amide bonds. The lowest BCUT2D eigenvalue weighted by Crippen LogP contribution is -2.23. The molecule has 0 saturated heterocycles. The van der Waals surface area contributed by atoms with E-state index in [1.807, 2.05) is 6.07 Å². The Kier molecular flexibility index (Phi) is 4.92. The quantitative estimate of drug-likeness (QED) is 0.734. The third-order valence-electron chi connectivity index (χ3n) is 3.04. The maximum atomic E-state index is 6.26. The Hall–Kier alpha value is -0.0200. The van der Waals surface area contributed by atoms with Gasteiger partial charge in [-0.05, 0) is 38.3 Å². The minimum atomic E-state index is 0.258. The second-order valence-electron chi connectivity index (χ2n) is 4.34. The first-order valence-electron chi connectivity index (χ1n) is 6.09. The zero-order valence-corrected chi connectivity index (χ0v) is 12.3. The molecule has 0 saturated carbocycles. The highest BCUT2D eigenvalue weighted by atomic mass is 35.5. The Balaban J connectivity index is 2.22. The second kappa shape index (κ2) is 6.24. The molecule has 94 valence electrons. The van der Waals surface area contributed by atoms with Gasteiger partial charge in [-0.1, -0.05) is 41.8 Å².